The molecule has 0 bridgehead atoms. The van der Waals surface area contributed by atoms with E-state index in [0.717, 1.165) is 51.4 Å². The van der Waals surface area contributed by atoms with Crippen LogP contribution in [0.1, 0.15) is 124 Å². The molecule has 0 saturated heterocycles. The zero-order chi connectivity index (χ0) is 37.5. The smallest absolute Gasteiger partial charge is 0.307 e. The third-order valence-electron chi connectivity index (χ3n) is 8.62. The van der Waals surface area contributed by atoms with Crippen molar-refractivity contribution in [1.82, 2.24) is 0 Å². The van der Waals surface area contributed by atoms with Crippen molar-refractivity contribution in [2.45, 2.75) is 148 Å². The van der Waals surface area contributed by atoms with E-state index in [1.54, 1.807) is 6.92 Å². The average molecular weight is 706 g/mol. The minimum Gasteiger partial charge on any atom is -0.481 e. The van der Waals surface area contributed by atoms with Crippen LogP contribution < -0.4 is 5.73 Å². The predicted octanol–water partition coefficient (Wildman–Crippen LogP) is 3.60. The highest BCUT2D eigenvalue weighted by Gasteiger charge is 2.37. The maximum absolute atomic E-state index is 13.1. The van der Waals surface area contributed by atoms with Gasteiger partial charge >= 0.3 is 35.8 Å². The number of rotatable bonds is 30. The van der Waals surface area contributed by atoms with Gasteiger partial charge in [-0.15, -0.1) is 0 Å². The molecular formula is C34H59NO14. The summed E-state index contributed by atoms with van der Waals surface area (Å²) in [7, 11) is 0. The third-order valence-corrected chi connectivity index (χ3v) is 8.62. The number of unbranched alkanes of at least 4 members (excludes halogenated alkanes) is 6. The van der Waals surface area contributed by atoms with Crippen molar-refractivity contribution in [3.8, 4) is 0 Å². The SMILES string of the molecule is CCCCCC(C)C(OC(=O)CC(CC(=O)O)C(=O)O)C(CC(C)CCCCCCCC(O)C(O)CN)OC(=O)CC(CC(=O)O)C(=O)O. The highest BCUT2D eigenvalue weighted by atomic mass is 16.6. The summed E-state index contributed by atoms with van der Waals surface area (Å²) in [6.07, 6.45) is 1.55. The second-order valence-corrected chi connectivity index (χ2v) is 13.2. The number of nitrogens with two attached hydrogens (primary N) is 1. The molecule has 0 fully saturated rings. The van der Waals surface area contributed by atoms with Crippen molar-refractivity contribution in [3.63, 3.8) is 0 Å². The molecule has 0 aromatic rings. The van der Waals surface area contributed by atoms with Crippen molar-refractivity contribution in [2.24, 2.45) is 29.4 Å². The van der Waals surface area contributed by atoms with Crippen LogP contribution in [0.3, 0.4) is 0 Å². The molecule has 8 N–H and O–H groups in total. The third kappa shape index (κ3) is 21.4. The van der Waals surface area contributed by atoms with Crippen LogP contribution in [0.2, 0.25) is 0 Å². The molecule has 8 unspecified atom stereocenters. The highest BCUT2D eigenvalue weighted by molar-refractivity contribution is 5.83. The van der Waals surface area contributed by atoms with Gasteiger partial charge in [-0.05, 0) is 31.1 Å². The minimum atomic E-state index is -1.54. The number of aliphatic carboxylic acids is 4. The van der Waals surface area contributed by atoms with Gasteiger partial charge in [0.15, 0.2) is 0 Å². The lowest BCUT2D eigenvalue weighted by Gasteiger charge is -2.33. The number of ether oxygens (including phenoxy) is 2. The Morgan fingerprint density at radius 2 is 1.08 bits per heavy atom. The summed E-state index contributed by atoms with van der Waals surface area (Å²) in [5, 5.41) is 56.6. The zero-order valence-electron chi connectivity index (χ0n) is 29.2. The van der Waals surface area contributed by atoms with E-state index in [-0.39, 0.29) is 24.8 Å². The molecule has 0 spiro atoms. The first-order chi connectivity index (χ1) is 23.0. The van der Waals surface area contributed by atoms with Crippen LogP contribution in [0.4, 0.5) is 0 Å². The van der Waals surface area contributed by atoms with E-state index >= 15 is 0 Å². The van der Waals surface area contributed by atoms with Gasteiger partial charge in [0.25, 0.3) is 0 Å². The van der Waals surface area contributed by atoms with Gasteiger partial charge < -0.3 is 45.8 Å². The van der Waals surface area contributed by atoms with Crippen molar-refractivity contribution < 1.29 is 68.9 Å². The van der Waals surface area contributed by atoms with E-state index in [0.29, 0.717) is 19.3 Å². The summed E-state index contributed by atoms with van der Waals surface area (Å²) in [5.41, 5.74) is 5.37. The molecule has 0 aliphatic carbocycles. The van der Waals surface area contributed by atoms with Gasteiger partial charge in [0.1, 0.15) is 12.2 Å². The number of carboxylic acids is 4. The Hall–Kier alpha value is -3.30. The Bertz CT molecular complexity index is 1020. The van der Waals surface area contributed by atoms with Gasteiger partial charge in [0.2, 0.25) is 0 Å². The van der Waals surface area contributed by atoms with Crippen LogP contribution in [0.25, 0.3) is 0 Å². The quantitative estimate of drug-likeness (QED) is 0.0416. The first kappa shape index (κ1) is 45.7. The summed E-state index contributed by atoms with van der Waals surface area (Å²) >= 11 is 0. The first-order valence-corrected chi connectivity index (χ1v) is 17.4. The number of carbonyl (C=O) groups is 6. The van der Waals surface area contributed by atoms with Crippen molar-refractivity contribution in [1.29, 1.82) is 0 Å². The zero-order valence-corrected chi connectivity index (χ0v) is 29.2. The van der Waals surface area contributed by atoms with Crippen LogP contribution in [0.5, 0.6) is 0 Å². The molecule has 15 heteroatoms. The Labute approximate surface area is 288 Å². The van der Waals surface area contributed by atoms with Gasteiger partial charge in [-0.25, -0.2) is 0 Å². The molecule has 0 saturated carbocycles. The fraction of sp³-hybridized carbons (Fsp3) is 0.824. The van der Waals surface area contributed by atoms with Crippen LogP contribution in [0.15, 0.2) is 0 Å². The van der Waals surface area contributed by atoms with Gasteiger partial charge in [-0.3, -0.25) is 28.8 Å². The summed E-state index contributed by atoms with van der Waals surface area (Å²) in [6.45, 7) is 5.71. The lowest BCUT2D eigenvalue weighted by Crippen LogP contribution is -2.42. The van der Waals surface area contributed by atoms with E-state index in [9.17, 15) is 49.2 Å². The van der Waals surface area contributed by atoms with E-state index in [4.69, 9.17) is 25.4 Å². The van der Waals surface area contributed by atoms with Crippen molar-refractivity contribution >= 4 is 35.8 Å². The summed E-state index contributed by atoms with van der Waals surface area (Å²) < 4.78 is 11.5. The maximum atomic E-state index is 13.1. The molecule has 8 atom stereocenters. The van der Waals surface area contributed by atoms with Gasteiger partial charge in [-0.1, -0.05) is 78.6 Å². The molecule has 0 aliphatic rings. The van der Waals surface area contributed by atoms with Crippen molar-refractivity contribution in [3.05, 3.63) is 0 Å². The molecule has 0 rings (SSSR count). The Morgan fingerprint density at radius 1 is 0.612 bits per heavy atom. The van der Waals surface area contributed by atoms with Crippen molar-refractivity contribution in [2.75, 3.05) is 6.54 Å². The largest absolute Gasteiger partial charge is 0.481 e. The van der Waals surface area contributed by atoms with Crippen LogP contribution in [-0.2, 0) is 38.2 Å². The Balaban J connectivity index is 5.91. The predicted molar refractivity (Wildman–Crippen MR) is 176 cm³/mol. The fourth-order valence-electron chi connectivity index (χ4n) is 5.66. The highest BCUT2D eigenvalue weighted by Crippen LogP contribution is 2.29. The normalized spacial score (nSPS) is 16.3. The molecule has 0 amide bonds. The molecular weight excluding hydrogens is 646 g/mol. The standard InChI is InChI=1S/C34H59NO14/c1-4-5-9-13-22(3)32(49-31(43)19-24(34(46)47)17-29(40)41)27(48-30(42)18-23(33(44)45)16-28(38)39)15-21(2)12-10-7-6-8-11-14-25(36)26(37)20-35/h21-27,32,36-37H,4-20,35H2,1-3H3,(H,38,39)(H,40,41)(H,44,45)(H,46,47). The number of hydrogen-bond donors (Lipinski definition) is 7. The molecule has 0 aromatic carbocycles. The number of esters is 2. The number of aliphatic hydroxyl groups is 2. The van der Waals surface area contributed by atoms with Crippen LogP contribution >= 0.6 is 0 Å². The minimum absolute atomic E-state index is 0.0109. The number of aliphatic hydroxyl groups excluding tert-OH is 2. The molecule has 0 aromatic heterocycles. The van der Waals surface area contributed by atoms with E-state index in [1.807, 2.05) is 13.8 Å². The maximum Gasteiger partial charge on any atom is 0.307 e. The first-order valence-electron chi connectivity index (χ1n) is 17.4. The molecule has 0 heterocycles. The summed E-state index contributed by atoms with van der Waals surface area (Å²) in [5.74, 6) is -11.3. The van der Waals surface area contributed by atoms with Crippen LogP contribution in [0, 0.1) is 23.7 Å². The van der Waals surface area contributed by atoms with Gasteiger partial charge in [0, 0.05) is 6.54 Å². The lowest BCUT2D eigenvalue weighted by atomic mass is 9.87. The second kappa shape index (κ2) is 25.6. The van der Waals surface area contributed by atoms with Gasteiger partial charge in [0.05, 0.1) is 49.7 Å². The molecule has 0 radical (unpaired) electrons. The summed E-state index contributed by atoms with van der Waals surface area (Å²) in [6, 6.07) is 0. The molecule has 0 aliphatic heterocycles. The van der Waals surface area contributed by atoms with Gasteiger partial charge in [-0.2, -0.15) is 0 Å². The topological polar surface area (TPSA) is 268 Å². The van der Waals surface area contributed by atoms with Crippen LogP contribution in [-0.4, -0.2) is 97.4 Å². The Morgan fingerprint density at radius 3 is 1.55 bits per heavy atom. The van der Waals surface area contributed by atoms with E-state index in [2.05, 4.69) is 0 Å². The molecule has 284 valence electrons. The second-order valence-electron chi connectivity index (χ2n) is 13.2. The Kier molecular flexibility index (Phi) is 23.9. The van der Waals surface area contributed by atoms with E-state index in [1.165, 1.54) is 0 Å². The van der Waals surface area contributed by atoms with E-state index < -0.39 is 97.8 Å². The molecule has 15 nitrogen and oxygen atoms in total. The number of carbonyl (C=O) groups excluding carboxylic acids is 2. The summed E-state index contributed by atoms with van der Waals surface area (Å²) in [4.78, 5) is 71.7. The lowest BCUT2D eigenvalue weighted by molar-refractivity contribution is -0.177. The molecule has 49 heavy (non-hydrogen) atoms. The monoisotopic (exact) mass is 705 g/mol. The number of hydrogen-bond acceptors (Lipinski definition) is 11. The average Bonchev–Trinajstić information content (AvgIpc) is 3.01. The fourth-order valence-corrected chi connectivity index (χ4v) is 5.66. The number of carboxylic acid groups (broad SMARTS) is 4.